The highest BCUT2D eigenvalue weighted by atomic mass is 16.6. The fourth-order valence-corrected chi connectivity index (χ4v) is 3.30. The Kier molecular flexibility index (Phi) is 7.62. The van der Waals surface area contributed by atoms with Gasteiger partial charge in [0, 0.05) is 19.4 Å². The molecule has 0 saturated carbocycles. The van der Waals surface area contributed by atoms with Gasteiger partial charge in [-0.15, -0.1) is 0 Å². The normalized spacial score (nSPS) is 24.2. The van der Waals surface area contributed by atoms with Crippen LogP contribution in [0.2, 0.25) is 0 Å². The summed E-state index contributed by atoms with van der Waals surface area (Å²) in [6.45, 7) is 14.1. The summed E-state index contributed by atoms with van der Waals surface area (Å²) >= 11 is 0. The van der Waals surface area contributed by atoms with Gasteiger partial charge in [-0.1, -0.05) is 20.8 Å². The molecule has 150 valence electrons. The van der Waals surface area contributed by atoms with Crippen LogP contribution in [0.5, 0.6) is 0 Å². The van der Waals surface area contributed by atoms with Crippen LogP contribution in [-0.2, 0) is 9.53 Å². The summed E-state index contributed by atoms with van der Waals surface area (Å²) in [6, 6.07) is -1.13. The summed E-state index contributed by atoms with van der Waals surface area (Å²) < 4.78 is 5.02. The fourth-order valence-electron chi connectivity index (χ4n) is 3.30. The van der Waals surface area contributed by atoms with Gasteiger partial charge < -0.3 is 15.4 Å². The maximum Gasteiger partial charge on any atom is 0.424 e. The third kappa shape index (κ3) is 5.43. The SMILES string of the molecule is CC[C@H](NC(=O)OC(C)(C)C)C(=O)[N+]1(C(=O)NCC(C)C)CCC[C@H]1C. The van der Waals surface area contributed by atoms with E-state index in [4.69, 9.17) is 4.74 Å². The van der Waals surface area contributed by atoms with Gasteiger partial charge in [-0.05, 0) is 40.0 Å². The van der Waals surface area contributed by atoms with E-state index in [-0.39, 0.29) is 22.5 Å². The average molecular weight is 371 g/mol. The monoisotopic (exact) mass is 370 g/mol. The molecule has 0 radical (unpaired) electrons. The Bertz CT molecular complexity index is 527. The molecule has 26 heavy (non-hydrogen) atoms. The second kappa shape index (κ2) is 8.84. The Morgan fingerprint density at radius 1 is 1.23 bits per heavy atom. The molecule has 1 aliphatic rings. The number of amides is 4. The summed E-state index contributed by atoms with van der Waals surface area (Å²) in [6.07, 6.45) is 1.39. The largest absolute Gasteiger partial charge is 0.444 e. The maximum atomic E-state index is 13.3. The van der Waals surface area contributed by atoms with E-state index < -0.39 is 17.7 Å². The van der Waals surface area contributed by atoms with Crippen molar-refractivity contribution in [2.75, 3.05) is 13.1 Å². The Morgan fingerprint density at radius 3 is 2.27 bits per heavy atom. The second-order valence-electron chi connectivity index (χ2n) is 8.61. The van der Waals surface area contributed by atoms with Gasteiger partial charge in [0.1, 0.15) is 17.7 Å². The predicted molar refractivity (Wildman–Crippen MR) is 101 cm³/mol. The Hall–Kier alpha value is -1.63. The molecule has 0 aromatic heterocycles. The molecule has 0 aromatic carbocycles. The van der Waals surface area contributed by atoms with Crippen LogP contribution in [-0.4, -0.2) is 53.3 Å². The first-order valence-electron chi connectivity index (χ1n) is 9.64. The van der Waals surface area contributed by atoms with Crippen molar-refractivity contribution in [2.24, 2.45) is 5.92 Å². The van der Waals surface area contributed by atoms with E-state index in [9.17, 15) is 14.4 Å². The lowest BCUT2D eigenvalue weighted by Crippen LogP contribution is -2.67. The third-order valence-electron chi connectivity index (χ3n) is 4.70. The number of urea groups is 1. The number of nitrogens with zero attached hydrogens (tertiary/aromatic N) is 1. The van der Waals surface area contributed by atoms with Crippen LogP contribution in [0.3, 0.4) is 0 Å². The number of carbonyl (C=O) groups is 3. The van der Waals surface area contributed by atoms with Gasteiger partial charge >= 0.3 is 18.0 Å². The predicted octanol–water partition coefficient (Wildman–Crippen LogP) is 3.18. The molecule has 1 heterocycles. The summed E-state index contributed by atoms with van der Waals surface area (Å²) in [4.78, 5) is 38.4. The van der Waals surface area contributed by atoms with Crippen LogP contribution in [0.15, 0.2) is 0 Å². The van der Waals surface area contributed by atoms with Crippen LogP contribution in [0.1, 0.15) is 67.7 Å². The topological polar surface area (TPSA) is 84.5 Å². The molecule has 7 nitrogen and oxygen atoms in total. The van der Waals surface area contributed by atoms with Crippen LogP contribution in [0.25, 0.3) is 0 Å². The minimum atomic E-state index is -0.754. The summed E-state index contributed by atoms with van der Waals surface area (Å²) in [5, 5.41) is 5.57. The molecular formula is C19H36N3O4+. The van der Waals surface area contributed by atoms with Gasteiger partial charge in [-0.3, -0.25) is 0 Å². The van der Waals surface area contributed by atoms with Crippen molar-refractivity contribution in [1.29, 1.82) is 0 Å². The van der Waals surface area contributed by atoms with Crippen molar-refractivity contribution in [3.63, 3.8) is 0 Å². The fraction of sp³-hybridized carbons (Fsp3) is 0.842. The van der Waals surface area contributed by atoms with Crippen LogP contribution >= 0.6 is 0 Å². The summed E-state index contributed by atoms with van der Waals surface area (Å²) in [5.74, 6) is 0.0403. The zero-order valence-corrected chi connectivity index (χ0v) is 17.3. The van der Waals surface area contributed by atoms with E-state index >= 15 is 0 Å². The Labute approximate surface area is 157 Å². The molecule has 1 aliphatic heterocycles. The highest BCUT2D eigenvalue weighted by Crippen LogP contribution is 2.29. The molecule has 1 rings (SSSR count). The number of hydrogen-bond donors (Lipinski definition) is 2. The molecule has 0 spiro atoms. The number of hydrogen-bond acceptors (Lipinski definition) is 4. The van der Waals surface area contributed by atoms with Crippen molar-refractivity contribution < 1.29 is 23.6 Å². The van der Waals surface area contributed by atoms with Gasteiger partial charge in [0.15, 0.2) is 0 Å². The van der Waals surface area contributed by atoms with Gasteiger partial charge in [0.25, 0.3) is 0 Å². The number of ether oxygens (including phenoxy) is 1. The lowest BCUT2D eigenvalue weighted by Gasteiger charge is -2.35. The minimum absolute atomic E-state index is 0.107. The van der Waals surface area contributed by atoms with Crippen molar-refractivity contribution in [3.05, 3.63) is 0 Å². The molecule has 0 bridgehead atoms. The average Bonchev–Trinajstić information content (AvgIpc) is 2.90. The van der Waals surface area contributed by atoms with E-state index in [1.807, 2.05) is 27.7 Å². The molecule has 4 amide bonds. The summed E-state index contributed by atoms with van der Waals surface area (Å²) in [5.41, 5.74) is -0.646. The van der Waals surface area contributed by atoms with E-state index in [1.165, 1.54) is 0 Å². The third-order valence-corrected chi connectivity index (χ3v) is 4.70. The smallest absolute Gasteiger partial charge is 0.424 e. The van der Waals surface area contributed by atoms with Gasteiger partial charge in [-0.2, -0.15) is 4.48 Å². The molecule has 1 saturated heterocycles. The molecule has 1 unspecified atom stereocenters. The van der Waals surface area contributed by atoms with Crippen molar-refractivity contribution in [2.45, 2.75) is 85.4 Å². The zero-order chi connectivity index (χ0) is 20.1. The zero-order valence-electron chi connectivity index (χ0n) is 17.3. The van der Waals surface area contributed by atoms with Gasteiger partial charge in [0.05, 0.1) is 6.54 Å². The first-order valence-corrected chi connectivity index (χ1v) is 9.64. The van der Waals surface area contributed by atoms with Crippen LogP contribution < -0.4 is 10.6 Å². The van der Waals surface area contributed by atoms with Gasteiger partial charge in [0.2, 0.25) is 0 Å². The van der Waals surface area contributed by atoms with Gasteiger partial charge in [-0.25, -0.2) is 14.4 Å². The molecule has 3 atom stereocenters. The first-order chi connectivity index (χ1) is 11.9. The molecular weight excluding hydrogens is 334 g/mol. The maximum absolute atomic E-state index is 13.3. The number of likely N-dealkylation sites (tertiary alicyclic amines) is 1. The quantitative estimate of drug-likeness (QED) is 0.728. The van der Waals surface area contributed by atoms with Crippen molar-refractivity contribution >= 4 is 18.0 Å². The minimum Gasteiger partial charge on any atom is -0.444 e. The Balaban J connectivity index is 3.00. The first kappa shape index (κ1) is 22.4. The number of carbonyl (C=O) groups excluding carboxylic acids is 3. The van der Waals surface area contributed by atoms with E-state index in [2.05, 4.69) is 10.6 Å². The van der Waals surface area contributed by atoms with Crippen molar-refractivity contribution in [3.8, 4) is 0 Å². The highest BCUT2D eigenvalue weighted by molar-refractivity contribution is 5.89. The van der Waals surface area contributed by atoms with Crippen LogP contribution in [0.4, 0.5) is 9.59 Å². The number of alkyl carbamates (subject to hydrolysis) is 1. The number of quaternary nitrogens is 1. The standard InChI is InChI=1S/C19H35N3O4/c1-8-15(21-18(25)26-19(5,6)7)16(23)22(11-9-10-14(22)4)17(24)20-12-13(2)3/h13-15H,8-12H2,1-7H3,(H-,20,21,24,25)/p+1/t14-,15+,22?/m1/s1. The Morgan fingerprint density at radius 2 is 1.85 bits per heavy atom. The molecule has 7 heteroatoms. The van der Waals surface area contributed by atoms with Crippen LogP contribution in [0, 0.1) is 5.92 Å². The lowest BCUT2D eigenvalue weighted by molar-refractivity contribution is -0.785. The number of imide groups is 1. The summed E-state index contributed by atoms with van der Waals surface area (Å²) in [7, 11) is 0. The molecule has 0 aliphatic carbocycles. The lowest BCUT2D eigenvalue weighted by atomic mass is 10.1. The molecule has 1 fully saturated rings. The molecule has 2 N–H and O–H groups in total. The number of nitrogens with one attached hydrogen (secondary N) is 2. The van der Waals surface area contributed by atoms with E-state index in [0.717, 1.165) is 12.8 Å². The van der Waals surface area contributed by atoms with E-state index in [1.54, 1.807) is 20.8 Å². The van der Waals surface area contributed by atoms with Crippen molar-refractivity contribution in [1.82, 2.24) is 10.6 Å². The number of rotatable bonds is 5. The van der Waals surface area contributed by atoms with E-state index in [0.29, 0.717) is 25.4 Å². The molecule has 0 aromatic rings. The second-order valence-corrected chi connectivity index (χ2v) is 8.61. The highest BCUT2D eigenvalue weighted by Gasteiger charge is 2.54.